The standard InChI is InChI=1S/C20H15ClF3N3O2S/c1-26-18(28)17(30-19(26)29)7-11-2-5-16-13(6-11)9-25-27(16)10-12-3-4-14(21)8-15(12)20(22,23)24/h2-9,18,28H,10H2,1H3. The molecule has 30 heavy (non-hydrogen) atoms. The molecule has 0 saturated carbocycles. The number of nitrogens with zero attached hydrogens (tertiary/aromatic N) is 3. The molecule has 156 valence electrons. The molecule has 0 aliphatic carbocycles. The van der Waals surface area contributed by atoms with Gasteiger partial charge in [-0.2, -0.15) is 18.3 Å². The molecule has 10 heteroatoms. The highest BCUT2D eigenvalue weighted by Crippen LogP contribution is 2.36. The Labute approximate surface area is 178 Å². The molecule has 1 aromatic heterocycles. The molecule has 0 radical (unpaired) electrons. The summed E-state index contributed by atoms with van der Waals surface area (Å²) in [6.45, 7) is -0.0657. The highest BCUT2D eigenvalue weighted by Gasteiger charge is 2.34. The topological polar surface area (TPSA) is 58.4 Å². The molecule has 1 amide bonds. The summed E-state index contributed by atoms with van der Waals surface area (Å²) in [5.74, 6) is 0. The Morgan fingerprint density at radius 2 is 2.03 bits per heavy atom. The first-order chi connectivity index (χ1) is 14.1. The van der Waals surface area contributed by atoms with Gasteiger partial charge in [-0.1, -0.05) is 23.7 Å². The number of benzene rings is 2. The third-order valence-electron chi connectivity index (χ3n) is 4.79. The number of fused-ring (bicyclic) bond motifs is 1. The van der Waals surface area contributed by atoms with Gasteiger partial charge in [-0.25, -0.2) is 0 Å². The zero-order chi connectivity index (χ0) is 21.6. The first kappa shape index (κ1) is 20.8. The quantitative estimate of drug-likeness (QED) is 0.591. The van der Waals surface area contributed by atoms with Crippen molar-refractivity contribution in [1.82, 2.24) is 14.7 Å². The lowest BCUT2D eigenvalue weighted by atomic mass is 10.1. The van der Waals surface area contributed by atoms with Gasteiger partial charge in [-0.3, -0.25) is 9.48 Å². The van der Waals surface area contributed by atoms with Crippen LogP contribution in [0.4, 0.5) is 18.0 Å². The molecule has 1 fully saturated rings. The summed E-state index contributed by atoms with van der Waals surface area (Å²) in [5, 5.41) is 14.8. The van der Waals surface area contributed by atoms with E-state index < -0.39 is 18.0 Å². The van der Waals surface area contributed by atoms with E-state index in [1.807, 2.05) is 0 Å². The number of aliphatic hydroxyl groups excluding tert-OH is 1. The van der Waals surface area contributed by atoms with Gasteiger partial charge in [0.2, 0.25) is 0 Å². The molecule has 4 rings (SSSR count). The number of hydrogen-bond donors (Lipinski definition) is 1. The van der Waals surface area contributed by atoms with Crippen LogP contribution in [0.3, 0.4) is 0 Å². The minimum atomic E-state index is -4.52. The molecule has 2 heterocycles. The number of carbonyl (C=O) groups excluding carboxylic acids is 1. The first-order valence-electron chi connectivity index (χ1n) is 8.79. The first-order valence-corrected chi connectivity index (χ1v) is 9.98. The van der Waals surface area contributed by atoms with Crippen molar-refractivity contribution < 1.29 is 23.1 Å². The molecule has 1 unspecified atom stereocenters. The van der Waals surface area contributed by atoms with E-state index in [9.17, 15) is 23.1 Å². The molecule has 1 saturated heterocycles. The van der Waals surface area contributed by atoms with Crippen LogP contribution in [0.1, 0.15) is 16.7 Å². The summed E-state index contributed by atoms with van der Waals surface area (Å²) in [5.41, 5.74) is 0.679. The number of aromatic nitrogens is 2. The van der Waals surface area contributed by atoms with Crippen LogP contribution in [0.25, 0.3) is 17.0 Å². The van der Waals surface area contributed by atoms with Gasteiger partial charge < -0.3 is 10.0 Å². The molecular weight excluding hydrogens is 439 g/mol. The van der Waals surface area contributed by atoms with E-state index in [4.69, 9.17) is 11.6 Å². The largest absolute Gasteiger partial charge is 0.416 e. The van der Waals surface area contributed by atoms with Gasteiger partial charge in [-0.05, 0) is 53.2 Å². The number of aliphatic hydroxyl groups is 1. The maximum Gasteiger partial charge on any atom is 0.416 e. The number of hydrogen-bond acceptors (Lipinski definition) is 4. The normalized spacial score (nSPS) is 18.7. The van der Waals surface area contributed by atoms with Crippen LogP contribution in [0, 0.1) is 0 Å². The molecule has 1 aliphatic heterocycles. The van der Waals surface area contributed by atoms with Gasteiger partial charge in [0.1, 0.15) is 0 Å². The Hall–Kier alpha value is -2.49. The van der Waals surface area contributed by atoms with Gasteiger partial charge in [0.05, 0.1) is 23.8 Å². The summed E-state index contributed by atoms with van der Waals surface area (Å²) in [7, 11) is 1.51. The average molecular weight is 454 g/mol. The smallest absolute Gasteiger partial charge is 0.369 e. The fourth-order valence-electron chi connectivity index (χ4n) is 3.22. The molecule has 1 N–H and O–H groups in total. The van der Waals surface area contributed by atoms with Gasteiger partial charge in [0, 0.05) is 22.4 Å². The van der Waals surface area contributed by atoms with Crippen molar-refractivity contribution in [2.45, 2.75) is 18.9 Å². The number of likely N-dealkylation sites (N-methyl/N-ethyl adjacent to an activating group) is 1. The minimum Gasteiger partial charge on any atom is -0.369 e. The zero-order valence-corrected chi connectivity index (χ0v) is 17.1. The lowest BCUT2D eigenvalue weighted by molar-refractivity contribution is -0.138. The van der Waals surface area contributed by atoms with Gasteiger partial charge >= 0.3 is 6.18 Å². The average Bonchev–Trinajstić information content (AvgIpc) is 3.18. The molecule has 3 aromatic rings. The fourth-order valence-corrected chi connectivity index (χ4v) is 4.29. The number of thioether (sulfide) groups is 1. The Bertz CT molecular complexity index is 1180. The molecule has 0 spiro atoms. The van der Waals surface area contributed by atoms with Crippen LogP contribution in [0.15, 0.2) is 47.5 Å². The van der Waals surface area contributed by atoms with Crippen LogP contribution >= 0.6 is 23.4 Å². The van der Waals surface area contributed by atoms with E-state index in [1.165, 1.54) is 28.8 Å². The molecule has 5 nitrogen and oxygen atoms in total. The van der Waals surface area contributed by atoms with E-state index in [1.54, 1.807) is 30.5 Å². The van der Waals surface area contributed by atoms with Gasteiger partial charge in [-0.15, -0.1) is 0 Å². The lowest BCUT2D eigenvalue weighted by Crippen LogP contribution is -2.27. The SMILES string of the molecule is CN1C(=O)SC(=Cc2ccc3c(cnn3Cc3ccc(Cl)cc3C(F)(F)F)c2)C1O. The second-order valence-corrected chi connectivity index (χ2v) is 8.28. The van der Waals surface area contributed by atoms with Crippen LogP contribution in [-0.4, -0.2) is 38.3 Å². The van der Waals surface area contributed by atoms with E-state index in [-0.39, 0.29) is 22.4 Å². The number of alkyl halides is 3. The third kappa shape index (κ3) is 3.92. The van der Waals surface area contributed by atoms with Crippen molar-refractivity contribution in [1.29, 1.82) is 0 Å². The molecule has 2 aromatic carbocycles. The minimum absolute atomic E-state index is 0.0187. The van der Waals surface area contributed by atoms with Gasteiger partial charge in [0.15, 0.2) is 6.23 Å². The van der Waals surface area contributed by atoms with Crippen molar-refractivity contribution >= 4 is 45.6 Å². The summed E-state index contributed by atoms with van der Waals surface area (Å²) in [6, 6.07) is 8.99. The number of amides is 1. The van der Waals surface area contributed by atoms with E-state index in [2.05, 4.69) is 5.10 Å². The third-order valence-corrected chi connectivity index (χ3v) is 6.05. The Balaban J connectivity index is 1.65. The Morgan fingerprint density at radius 3 is 2.70 bits per heavy atom. The lowest BCUT2D eigenvalue weighted by Gasteiger charge is -2.14. The molecule has 1 aliphatic rings. The predicted molar refractivity (Wildman–Crippen MR) is 110 cm³/mol. The highest BCUT2D eigenvalue weighted by atomic mass is 35.5. The molecule has 0 bridgehead atoms. The Kier molecular flexibility index (Phi) is 5.29. The molecular formula is C20H15ClF3N3O2S. The maximum atomic E-state index is 13.4. The number of carbonyl (C=O) groups is 1. The van der Waals surface area contributed by atoms with Crippen molar-refractivity contribution in [3.63, 3.8) is 0 Å². The Morgan fingerprint density at radius 1 is 1.27 bits per heavy atom. The predicted octanol–water partition coefficient (Wildman–Crippen LogP) is 5.21. The van der Waals surface area contributed by atoms with Crippen LogP contribution in [0.2, 0.25) is 5.02 Å². The number of halogens is 4. The van der Waals surface area contributed by atoms with Crippen molar-refractivity contribution in [3.05, 3.63) is 69.2 Å². The summed E-state index contributed by atoms with van der Waals surface area (Å²) in [4.78, 5) is 13.4. The number of rotatable bonds is 3. The second kappa shape index (κ2) is 7.64. The van der Waals surface area contributed by atoms with E-state index in [0.717, 1.165) is 28.8 Å². The van der Waals surface area contributed by atoms with Crippen LogP contribution < -0.4 is 0 Å². The summed E-state index contributed by atoms with van der Waals surface area (Å²) < 4.78 is 41.6. The summed E-state index contributed by atoms with van der Waals surface area (Å²) in [6.07, 6.45) is -2.25. The highest BCUT2D eigenvalue weighted by molar-refractivity contribution is 8.17. The second-order valence-electron chi connectivity index (χ2n) is 6.82. The van der Waals surface area contributed by atoms with Crippen molar-refractivity contribution in [2.24, 2.45) is 0 Å². The van der Waals surface area contributed by atoms with Crippen LogP contribution in [0.5, 0.6) is 0 Å². The zero-order valence-electron chi connectivity index (χ0n) is 15.5. The maximum absolute atomic E-state index is 13.4. The van der Waals surface area contributed by atoms with Crippen molar-refractivity contribution in [3.8, 4) is 0 Å². The fraction of sp³-hybridized carbons (Fsp3) is 0.200. The van der Waals surface area contributed by atoms with E-state index in [0.29, 0.717) is 10.4 Å². The monoisotopic (exact) mass is 453 g/mol. The van der Waals surface area contributed by atoms with Gasteiger partial charge in [0.25, 0.3) is 5.24 Å². The van der Waals surface area contributed by atoms with E-state index >= 15 is 0 Å². The summed E-state index contributed by atoms with van der Waals surface area (Å²) >= 11 is 6.70. The van der Waals surface area contributed by atoms with Crippen molar-refractivity contribution in [2.75, 3.05) is 7.05 Å². The van der Waals surface area contributed by atoms with Crippen LogP contribution in [-0.2, 0) is 12.7 Å². The molecule has 1 atom stereocenters.